The number of nitrogens with zero attached hydrogens (tertiary/aromatic N) is 5. The molecule has 1 N–H and O–H groups in total. The highest BCUT2D eigenvalue weighted by Crippen LogP contribution is 2.35. The predicted molar refractivity (Wildman–Crippen MR) is 104 cm³/mol. The van der Waals surface area contributed by atoms with Crippen LogP contribution in [0.25, 0.3) is 0 Å². The molecule has 2 bridgehead atoms. The fourth-order valence-corrected chi connectivity index (χ4v) is 5.39. The van der Waals surface area contributed by atoms with Crippen LogP contribution in [0.5, 0.6) is 0 Å². The molecular formula is C20H34N6O2. The normalized spacial score (nSPS) is 29.0. The number of carbonyl (C=O) groups is 1. The third kappa shape index (κ3) is 4.54. The van der Waals surface area contributed by atoms with E-state index in [9.17, 15) is 4.79 Å². The highest BCUT2D eigenvalue weighted by molar-refractivity contribution is 5.79. The molecular weight excluding hydrogens is 356 g/mol. The molecule has 4 rings (SSSR count). The molecule has 1 amide bonds. The Balaban J connectivity index is 1.36. The number of carbonyl (C=O) groups excluding carboxylic acids is 1. The van der Waals surface area contributed by atoms with Crippen LogP contribution in [0.3, 0.4) is 0 Å². The van der Waals surface area contributed by atoms with E-state index >= 15 is 0 Å². The minimum Gasteiger partial charge on any atom is -0.383 e. The number of hydrogen-bond acceptors (Lipinski definition) is 6. The molecule has 1 saturated carbocycles. The summed E-state index contributed by atoms with van der Waals surface area (Å²) < 4.78 is 7.02. The average Bonchev–Trinajstić information content (AvgIpc) is 3.14. The Bertz CT molecular complexity index is 630. The number of hydrogen-bond donors (Lipinski definition) is 1. The Hall–Kier alpha value is -1.54. The molecule has 156 valence electrons. The Labute approximate surface area is 167 Å². The van der Waals surface area contributed by atoms with E-state index in [2.05, 4.69) is 25.7 Å². The lowest BCUT2D eigenvalue weighted by Crippen LogP contribution is -2.57. The van der Waals surface area contributed by atoms with Gasteiger partial charge in [-0.1, -0.05) is 25.7 Å². The number of fused-ring (bicyclic) bond motifs is 2. The van der Waals surface area contributed by atoms with E-state index < -0.39 is 0 Å². The zero-order valence-corrected chi connectivity index (χ0v) is 17.1. The molecule has 8 heteroatoms. The zero-order chi connectivity index (χ0) is 19.3. The second kappa shape index (κ2) is 9.31. The van der Waals surface area contributed by atoms with Gasteiger partial charge in [0.2, 0.25) is 5.91 Å². The van der Waals surface area contributed by atoms with Gasteiger partial charge in [0.05, 0.1) is 19.7 Å². The number of ether oxygens (including phenoxy) is 1. The van der Waals surface area contributed by atoms with Crippen molar-refractivity contribution in [3.63, 3.8) is 0 Å². The zero-order valence-electron chi connectivity index (χ0n) is 17.1. The van der Waals surface area contributed by atoms with Crippen molar-refractivity contribution >= 4 is 5.91 Å². The van der Waals surface area contributed by atoms with Crippen LogP contribution in [0.4, 0.5) is 0 Å². The molecule has 1 aromatic rings. The molecule has 0 radical (unpaired) electrons. The third-order valence-corrected chi connectivity index (χ3v) is 6.89. The first kappa shape index (κ1) is 19.8. The summed E-state index contributed by atoms with van der Waals surface area (Å²) in [6.07, 6.45) is 11.6. The van der Waals surface area contributed by atoms with Gasteiger partial charge in [0, 0.05) is 31.2 Å². The van der Waals surface area contributed by atoms with Gasteiger partial charge in [-0.05, 0) is 49.0 Å². The lowest BCUT2D eigenvalue weighted by atomic mass is 9.81. The van der Waals surface area contributed by atoms with E-state index in [0.717, 1.165) is 38.1 Å². The van der Waals surface area contributed by atoms with Gasteiger partial charge in [-0.15, -0.1) is 5.10 Å². The van der Waals surface area contributed by atoms with E-state index in [0.29, 0.717) is 37.2 Å². The summed E-state index contributed by atoms with van der Waals surface area (Å²) in [6, 6.07) is 1.35. The minimum absolute atomic E-state index is 0.247. The van der Waals surface area contributed by atoms with Crippen LogP contribution in [0, 0.1) is 5.92 Å². The van der Waals surface area contributed by atoms with Gasteiger partial charge in [0.25, 0.3) is 0 Å². The number of piperidine rings is 2. The number of methoxy groups -OCH3 is 1. The van der Waals surface area contributed by atoms with Crippen molar-refractivity contribution in [1.29, 1.82) is 0 Å². The van der Waals surface area contributed by atoms with Crippen LogP contribution >= 0.6 is 0 Å². The molecule has 8 nitrogen and oxygen atoms in total. The largest absolute Gasteiger partial charge is 0.383 e. The number of amides is 1. The molecule has 1 aromatic heterocycles. The van der Waals surface area contributed by atoms with Gasteiger partial charge in [0.1, 0.15) is 0 Å². The number of nitrogens with one attached hydrogen (secondary N) is 1. The van der Waals surface area contributed by atoms with Crippen molar-refractivity contribution in [2.75, 3.05) is 13.7 Å². The summed E-state index contributed by atoms with van der Waals surface area (Å²) in [4.78, 5) is 15.3. The first-order valence-corrected chi connectivity index (χ1v) is 11.0. The molecule has 2 unspecified atom stereocenters. The number of tetrazole rings is 1. The van der Waals surface area contributed by atoms with Gasteiger partial charge in [-0.3, -0.25) is 9.69 Å². The quantitative estimate of drug-likeness (QED) is 0.765. The SMILES string of the molecule is COCCn1nnnc1CN1C2CCCC1CC(NC(=O)C1CCCCC1)C2. The topological polar surface area (TPSA) is 85.2 Å². The molecule has 3 fully saturated rings. The standard InChI is InChI=1S/C20H34N6O2/c1-28-11-10-26-19(22-23-24-26)14-25-17-8-5-9-18(25)13-16(12-17)21-20(27)15-6-3-2-4-7-15/h15-18H,2-14H2,1H3,(H,21,27). The van der Waals surface area contributed by atoms with Crippen molar-refractivity contribution in [2.45, 2.75) is 95.4 Å². The molecule has 0 aromatic carbocycles. The Morgan fingerprint density at radius 2 is 1.86 bits per heavy atom. The van der Waals surface area contributed by atoms with Gasteiger partial charge in [0.15, 0.2) is 5.82 Å². The van der Waals surface area contributed by atoms with Gasteiger partial charge < -0.3 is 10.1 Å². The maximum Gasteiger partial charge on any atom is 0.223 e. The minimum atomic E-state index is 0.247. The summed E-state index contributed by atoms with van der Waals surface area (Å²) >= 11 is 0. The number of rotatable bonds is 7. The molecule has 2 atom stereocenters. The fourth-order valence-electron chi connectivity index (χ4n) is 5.39. The molecule has 2 saturated heterocycles. The highest BCUT2D eigenvalue weighted by Gasteiger charge is 2.39. The summed E-state index contributed by atoms with van der Waals surface area (Å²) in [6.45, 7) is 2.08. The lowest BCUT2D eigenvalue weighted by Gasteiger charge is -2.49. The van der Waals surface area contributed by atoms with E-state index in [1.807, 2.05) is 4.68 Å². The first-order chi connectivity index (χ1) is 13.7. The van der Waals surface area contributed by atoms with Crippen molar-refractivity contribution in [1.82, 2.24) is 30.4 Å². The van der Waals surface area contributed by atoms with Crippen LogP contribution in [0.1, 0.15) is 70.0 Å². The molecule has 28 heavy (non-hydrogen) atoms. The Morgan fingerprint density at radius 3 is 2.57 bits per heavy atom. The summed E-state index contributed by atoms with van der Waals surface area (Å²) in [5.41, 5.74) is 0. The third-order valence-electron chi connectivity index (χ3n) is 6.89. The molecule has 3 heterocycles. The van der Waals surface area contributed by atoms with Crippen LogP contribution in [-0.2, 0) is 22.6 Å². The maximum atomic E-state index is 12.7. The lowest BCUT2D eigenvalue weighted by molar-refractivity contribution is -0.127. The van der Waals surface area contributed by atoms with Crippen LogP contribution in [0.15, 0.2) is 0 Å². The number of aromatic nitrogens is 4. The maximum absolute atomic E-state index is 12.7. The van der Waals surface area contributed by atoms with E-state index in [4.69, 9.17) is 4.74 Å². The van der Waals surface area contributed by atoms with E-state index in [1.165, 1.54) is 38.5 Å². The van der Waals surface area contributed by atoms with Gasteiger partial charge in [-0.25, -0.2) is 4.68 Å². The Kier molecular flexibility index (Phi) is 6.57. The molecule has 0 spiro atoms. The van der Waals surface area contributed by atoms with Crippen LogP contribution in [-0.4, -0.2) is 62.9 Å². The summed E-state index contributed by atoms with van der Waals surface area (Å²) in [7, 11) is 1.70. The molecule has 1 aliphatic carbocycles. The van der Waals surface area contributed by atoms with Crippen molar-refractivity contribution < 1.29 is 9.53 Å². The highest BCUT2D eigenvalue weighted by atomic mass is 16.5. The summed E-state index contributed by atoms with van der Waals surface area (Å²) in [5, 5.41) is 15.6. The molecule has 2 aliphatic heterocycles. The van der Waals surface area contributed by atoms with Crippen molar-refractivity contribution in [3.8, 4) is 0 Å². The van der Waals surface area contributed by atoms with E-state index in [-0.39, 0.29) is 5.92 Å². The van der Waals surface area contributed by atoms with Gasteiger partial charge in [-0.2, -0.15) is 0 Å². The Morgan fingerprint density at radius 1 is 1.11 bits per heavy atom. The van der Waals surface area contributed by atoms with Crippen molar-refractivity contribution in [2.24, 2.45) is 5.92 Å². The van der Waals surface area contributed by atoms with Gasteiger partial charge >= 0.3 is 0 Å². The predicted octanol–water partition coefficient (Wildman–Crippen LogP) is 1.90. The van der Waals surface area contributed by atoms with Crippen LogP contribution < -0.4 is 5.32 Å². The fraction of sp³-hybridized carbons (Fsp3) is 0.900. The summed E-state index contributed by atoms with van der Waals surface area (Å²) in [5.74, 6) is 1.47. The first-order valence-electron chi connectivity index (χ1n) is 11.0. The second-order valence-corrected chi connectivity index (χ2v) is 8.73. The monoisotopic (exact) mass is 390 g/mol. The van der Waals surface area contributed by atoms with Crippen LogP contribution in [0.2, 0.25) is 0 Å². The smallest absolute Gasteiger partial charge is 0.223 e. The van der Waals surface area contributed by atoms with Crippen molar-refractivity contribution in [3.05, 3.63) is 5.82 Å². The average molecular weight is 391 g/mol. The van der Waals surface area contributed by atoms with E-state index in [1.54, 1.807) is 7.11 Å². The second-order valence-electron chi connectivity index (χ2n) is 8.73. The molecule has 3 aliphatic rings.